The molecule has 0 aliphatic heterocycles. The van der Waals surface area contributed by atoms with Crippen LogP contribution in [0, 0.1) is 5.92 Å². The van der Waals surface area contributed by atoms with Crippen LogP contribution < -0.4 is 15.2 Å². The van der Waals surface area contributed by atoms with E-state index >= 15 is 0 Å². The Morgan fingerprint density at radius 3 is 2.48 bits per heavy atom. The highest BCUT2D eigenvalue weighted by Crippen LogP contribution is 2.31. The van der Waals surface area contributed by atoms with Crippen molar-refractivity contribution in [2.45, 2.75) is 44.7 Å². The van der Waals surface area contributed by atoms with Crippen LogP contribution in [0.15, 0.2) is 17.0 Å². The minimum Gasteiger partial charge on any atom is -0.495 e. The van der Waals surface area contributed by atoms with Crippen molar-refractivity contribution in [2.75, 3.05) is 7.11 Å². The number of hydrogen-bond acceptors (Lipinski definition) is 4. The molecule has 1 rings (SSSR count). The molecule has 0 radical (unpaired) electrons. The van der Waals surface area contributed by atoms with Crippen LogP contribution in [-0.2, 0) is 16.6 Å². The predicted molar refractivity (Wildman–Crippen MR) is 85.1 cm³/mol. The molecule has 1 aromatic carbocycles. The van der Waals surface area contributed by atoms with E-state index in [4.69, 9.17) is 22.1 Å². The number of nitrogens with one attached hydrogen (secondary N) is 1. The zero-order chi connectivity index (χ0) is 16.2. The van der Waals surface area contributed by atoms with Crippen molar-refractivity contribution in [3.8, 4) is 5.75 Å². The van der Waals surface area contributed by atoms with Gasteiger partial charge in [-0.15, -0.1) is 0 Å². The molecule has 0 fully saturated rings. The van der Waals surface area contributed by atoms with Crippen LogP contribution in [0.4, 0.5) is 0 Å². The number of methoxy groups -OCH3 is 1. The lowest BCUT2D eigenvalue weighted by atomic mass is 10.0. The summed E-state index contributed by atoms with van der Waals surface area (Å²) in [6.45, 7) is 6.00. The number of hydrogen-bond donors (Lipinski definition) is 2. The molecule has 0 saturated heterocycles. The molecule has 0 heterocycles. The third kappa shape index (κ3) is 4.32. The zero-order valence-corrected chi connectivity index (χ0v) is 14.4. The van der Waals surface area contributed by atoms with E-state index < -0.39 is 10.0 Å². The first-order valence-corrected chi connectivity index (χ1v) is 8.71. The number of sulfonamides is 1. The lowest BCUT2D eigenvalue weighted by molar-refractivity contribution is 0.395. The smallest absolute Gasteiger partial charge is 0.244 e. The Morgan fingerprint density at radius 2 is 2.00 bits per heavy atom. The molecule has 0 saturated carbocycles. The van der Waals surface area contributed by atoms with E-state index in [1.807, 2.05) is 20.8 Å². The minimum absolute atomic E-state index is 0.0214. The van der Waals surface area contributed by atoms with Crippen molar-refractivity contribution in [2.24, 2.45) is 11.7 Å². The summed E-state index contributed by atoms with van der Waals surface area (Å²) < 4.78 is 33.0. The van der Waals surface area contributed by atoms with Gasteiger partial charge in [-0.3, -0.25) is 0 Å². The summed E-state index contributed by atoms with van der Waals surface area (Å²) >= 11 is 5.99. The molecule has 3 N–H and O–H groups in total. The Bertz CT molecular complexity index is 590. The topological polar surface area (TPSA) is 81.4 Å². The Kier molecular flexibility index (Phi) is 6.46. The summed E-state index contributed by atoms with van der Waals surface area (Å²) in [5, 5.41) is 0.313. The molecule has 0 bridgehead atoms. The number of benzene rings is 1. The molecule has 2 atom stereocenters. The fourth-order valence-electron chi connectivity index (χ4n) is 1.98. The molecule has 0 aliphatic carbocycles. The van der Waals surface area contributed by atoms with Crippen LogP contribution >= 0.6 is 11.6 Å². The highest BCUT2D eigenvalue weighted by atomic mass is 35.5. The molecule has 0 aliphatic rings. The normalized spacial score (nSPS) is 14.8. The molecule has 0 aromatic heterocycles. The fraction of sp³-hybridized carbons (Fsp3) is 0.571. The van der Waals surface area contributed by atoms with Crippen LogP contribution in [-0.4, -0.2) is 21.6 Å². The monoisotopic (exact) mass is 334 g/mol. The third-order valence-electron chi connectivity index (χ3n) is 3.65. The zero-order valence-electron chi connectivity index (χ0n) is 12.8. The Morgan fingerprint density at radius 1 is 1.38 bits per heavy atom. The Hall–Kier alpha value is -0.820. The SMILES string of the molecule is CCC(C)C(C)NS(=O)(=O)c1cc(Cl)cc(CN)c1OC. The van der Waals surface area contributed by atoms with Crippen LogP contribution in [0.3, 0.4) is 0 Å². The largest absolute Gasteiger partial charge is 0.495 e. The molecule has 5 nitrogen and oxygen atoms in total. The average molecular weight is 335 g/mol. The maximum Gasteiger partial charge on any atom is 0.244 e. The second-order valence-corrected chi connectivity index (χ2v) is 7.21. The second-order valence-electron chi connectivity index (χ2n) is 5.10. The fourth-order valence-corrected chi connectivity index (χ4v) is 3.88. The maximum atomic E-state index is 12.6. The molecule has 120 valence electrons. The lowest BCUT2D eigenvalue weighted by Gasteiger charge is -2.21. The number of halogens is 1. The first-order chi connectivity index (χ1) is 9.76. The summed E-state index contributed by atoms with van der Waals surface area (Å²) in [5.41, 5.74) is 6.18. The van der Waals surface area contributed by atoms with Crippen LogP contribution in [0.25, 0.3) is 0 Å². The van der Waals surface area contributed by atoms with Crippen molar-refractivity contribution >= 4 is 21.6 Å². The Balaban J connectivity index is 3.28. The summed E-state index contributed by atoms with van der Waals surface area (Å²) in [6.07, 6.45) is 0.879. The van der Waals surface area contributed by atoms with E-state index in [-0.39, 0.29) is 29.1 Å². The average Bonchev–Trinajstić information content (AvgIpc) is 2.44. The van der Waals surface area contributed by atoms with Gasteiger partial charge in [0, 0.05) is 23.2 Å². The van der Waals surface area contributed by atoms with Gasteiger partial charge in [-0.05, 0) is 25.0 Å². The van der Waals surface area contributed by atoms with Gasteiger partial charge in [0.15, 0.2) is 0 Å². The molecule has 21 heavy (non-hydrogen) atoms. The van der Waals surface area contributed by atoms with Gasteiger partial charge < -0.3 is 10.5 Å². The van der Waals surface area contributed by atoms with Crippen molar-refractivity contribution in [3.05, 3.63) is 22.7 Å². The highest BCUT2D eigenvalue weighted by Gasteiger charge is 2.25. The quantitative estimate of drug-likeness (QED) is 0.802. The molecular weight excluding hydrogens is 312 g/mol. The molecule has 7 heteroatoms. The summed E-state index contributed by atoms with van der Waals surface area (Å²) in [6, 6.07) is 2.80. The molecule has 0 spiro atoms. The lowest BCUT2D eigenvalue weighted by Crippen LogP contribution is -2.37. The molecular formula is C14H23ClN2O3S. The maximum absolute atomic E-state index is 12.6. The second kappa shape index (κ2) is 7.45. The first-order valence-electron chi connectivity index (χ1n) is 6.85. The predicted octanol–water partition coefficient (Wildman–Crippen LogP) is 2.52. The van der Waals surface area contributed by atoms with E-state index in [1.165, 1.54) is 13.2 Å². The van der Waals surface area contributed by atoms with Gasteiger partial charge in [0.2, 0.25) is 10.0 Å². The van der Waals surface area contributed by atoms with E-state index in [0.29, 0.717) is 10.6 Å². The number of ether oxygens (including phenoxy) is 1. The van der Waals surface area contributed by atoms with Gasteiger partial charge in [-0.25, -0.2) is 13.1 Å². The van der Waals surface area contributed by atoms with Crippen molar-refractivity contribution in [1.82, 2.24) is 4.72 Å². The summed E-state index contributed by atoms with van der Waals surface area (Å²) in [5.74, 6) is 0.463. The van der Waals surface area contributed by atoms with Gasteiger partial charge in [0.05, 0.1) is 7.11 Å². The van der Waals surface area contributed by atoms with Crippen LogP contribution in [0.5, 0.6) is 5.75 Å². The van der Waals surface area contributed by atoms with Gasteiger partial charge in [-0.2, -0.15) is 0 Å². The van der Waals surface area contributed by atoms with Gasteiger partial charge in [-0.1, -0.05) is 31.9 Å². The van der Waals surface area contributed by atoms with Crippen LogP contribution in [0.2, 0.25) is 5.02 Å². The molecule has 1 aromatic rings. The molecule has 0 amide bonds. The van der Waals surface area contributed by atoms with Crippen LogP contribution in [0.1, 0.15) is 32.8 Å². The minimum atomic E-state index is -3.73. The van der Waals surface area contributed by atoms with Crippen molar-refractivity contribution < 1.29 is 13.2 Å². The summed E-state index contributed by atoms with van der Waals surface area (Å²) in [7, 11) is -2.31. The molecule has 2 unspecified atom stereocenters. The van der Waals surface area contributed by atoms with Crippen molar-refractivity contribution in [3.63, 3.8) is 0 Å². The van der Waals surface area contributed by atoms with Gasteiger partial charge >= 0.3 is 0 Å². The van der Waals surface area contributed by atoms with Gasteiger partial charge in [0.25, 0.3) is 0 Å². The first kappa shape index (κ1) is 18.2. The highest BCUT2D eigenvalue weighted by molar-refractivity contribution is 7.89. The summed E-state index contributed by atoms with van der Waals surface area (Å²) in [4.78, 5) is 0.0214. The standard InChI is InChI=1S/C14H23ClN2O3S/c1-5-9(2)10(3)17-21(18,19)13-7-12(15)6-11(8-16)14(13)20-4/h6-7,9-10,17H,5,8,16H2,1-4H3. The Labute approximate surface area is 131 Å². The van der Waals surface area contributed by atoms with E-state index in [9.17, 15) is 8.42 Å². The van der Waals surface area contributed by atoms with Crippen molar-refractivity contribution in [1.29, 1.82) is 0 Å². The number of nitrogens with two attached hydrogens (primary N) is 1. The van der Waals surface area contributed by atoms with E-state index in [0.717, 1.165) is 6.42 Å². The van der Waals surface area contributed by atoms with Gasteiger partial charge in [0.1, 0.15) is 10.6 Å². The third-order valence-corrected chi connectivity index (χ3v) is 5.43. The van der Waals surface area contributed by atoms with E-state index in [2.05, 4.69) is 4.72 Å². The number of rotatable bonds is 7. The van der Waals surface area contributed by atoms with E-state index in [1.54, 1.807) is 6.07 Å².